The molecule has 1 heterocycles. The molecule has 9 heteroatoms. The van der Waals surface area contributed by atoms with Crippen LogP contribution in [0.15, 0.2) is 70.6 Å². The van der Waals surface area contributed by atoms with Gasteiger partial charge in [0.2, 0.25) is 5.91 Å². The predicted octanol–water partition coefficient (Wildman–Crippen LogP) is 4.27. The topological polar surface area (TPSA) is 90.1 Å². The van der Waals surface area contributed by atoms with E-state index in [4.69, 9.17) is 0 Å². The minimum atomic E-state index is -0.525. The number of carbonyl (C=O) groups is 1. The van der Waals surface area contributed by atoms with Crippen molar-refractivity contribution < 1.29 is 9.72 Å². The van der Waals surface area contributed by atoms with Crippen LogP contribution in [0.4, 0.5) is 11.4 Å². The van der Waals surface area contributed by atoms with Crippen molar-refractivity contribution in [2.24, 2.45) is 0 Å². The van der Waals surface area contributed by atoms with Gasteiger partial charge in [0.15, 0.2) is 5.16 Å². The molecule has 0 spiro atoms. The number of nitrogens with zero attached hydrogens (tertiary/aromatic N) is 3. The van der Waals surface area contributed by atoms with E-state index >= 15 is 0 Å². The maximum atomic E-state index is 12.2. The summed E-state index contributed by atoms with van der Waals surface area (Å²) in [4.78, 5) is 26.9. The smallest absolute Gasteiger partial charge is 0.292 e. The molecule has 26 heavy (non-hydrogen) atoms. The van der Waals surface area contributed by atoms with E-state index < -0.39 is 4.92 Å². The van der Waals surface area contributed by atoms with Crippen molar-refractivity contribution in [1.82, 2.24) is 9.55 Å². The van der Waals surface area contributed by atoms with Crippen LogP contribution in [0.3, 0.4) is 0 Å². The molecule has 0 unspecified atom stereocenters. The van der Waals surface area contributed by atoms with Gasteiger partial charge >= 0.3 is 0 Å². The number of carbonyl (C=O) groups excluding carboxylic acids is 1. The molecule has 0 radical (unpaired) electrons. The molecule has 0 fully saturated rings. The van der Waals surface area contributed by atoms with Crippen LogP contribution in [0.2, 0.25) is 0 Å². The molecule has 0 aliphatic heterocycles. The first kappa shape index (κ1) is 18.2. The first-order chi connectivity index (χ1) is 12.5. The normalized spacial score (nSPS) is 10.5. The Balaban J connectivity index is 1.67. The molecule has 2 aromatic carbocycles. The van der Waals surface area contributed by atoms with Gasteiger partial charge in [-0.1, -0.05) is 39.8 Å². The lowest BCUT2D eigenvalue weighted by molar-refractivity contribution is -0.383. The molecule has 1 N–H and O–H groups in total. The van der Waals surface area contributed by atoms with Gasteiger partial charge in [0.25, 0.3) is 5.69 Å². The number of para-hydroxylation sites is 2. The molecule has 0 bridgehead atoms. The van der Waals surface area contributed by atoms with E-state index in [1.165, 1.54) is 23.9 Å². The summed E-state index contributed by atoms with van der Waals surface area (Å²) in [5.41, 5.74) is 0.967. The molecule has 0 saturated heterocycles. The first-order valence-electron chi connectivity index (χ1n) is 7.50. The fraction of sp³-hybridized carbons (Fsp3) is 0.0588. The number of nitro groups is 1. The molecule has 0 saturated carbocycles. The highest BCUT2D eigenvalue weighted by Gasteiger charge is 2.15. The average molecular weight is 433 g/mol. The number of amides is 1. The van der Waals surface area contributed by atoms with Crippen molar-refractivity contribution in [3.63, 3.8) is 0 Å². The number of halogens is 1. The largest absolute Gasteiger partial charge is 0.320 e. The van der Waals surface area contributed by atoms with E-state index in [1.807, 2.05) is 35.0 Å². The molecule has 3 rings (SSSR count). The van der Waals surface area contributed by atoms with Crippen LogP contribution in [0.25, 0.3) is 5.69 Å². The highest BCUT2D eigenvalue weighted by atomic mass is 79.9. The summed E-state index contributed by atoms with van der Waals surface area (Å²) in [6.45, 7) is 0. The van der Waals surface area contributed by atoms with Crippen molar-refractivity contribution in [2.75, 3.05) is 11.1 Å². The highest BCUT2D eigenvalue weighted by molar-refractivity contribution is 9.10. The zero-order valence-corrected chi connectivity index (χ0v) is 15.7. The van der Waals surface area contributed by atoms with Gasteiger partial charge in [0.05, 0.1) is 10.7 Å². The van der Waals surface area contributed by atoms with Crippen LogP contribution in [-0.2, 0) is 4.79 Å². The maximum absolute atomic E-state index is 12.2. The third kappa shape index (κ3) is 4.30. The number of hydrogen-bond acceptors (Lipinski definition) is 5. The first-order valence-corrected chi connectivity index (χ1v) is 9.28. The summed E-state index contributed by atoms with van der Waals surface area (Å²) < 4.78 is 2.84. The van der Waals surface area contributed by atoms with Gasteiger partial charge in [0, 0.05) is 28.6 Å². The van der Waals surface area contributed by atoms with Crippen LogP contribution in [0, 0.1) is 10.1 Å². The standard InChI is InChI=1S/C17H13BrN4O3S/c18-12-5-7-13(8-6-12)21-10-9-19-17(21)26-11-16(23)20-14-3-1-2-4-15(14)22(24)25/h1-10H,11H2,(H,20,23). The number of imidazole rings is 1. The molecule has 0 atom stereocenters. The fourth-order valence-electron chi connectivity index (χ4n) is 2.25. The Morgan fingerprint density at radius 1 is 1.23 bits per heavy atom. The van der Waals surface area contributed by atoms with E-state index in [0.717, 1.165) is 10.2 Å². The zero-order chi connectivity index (χ0) is 18.5. The number of nitro benzene ring substituents is 1. The molecule has 3 aromatic rings. The lowest BCUT2D eigenvalue weighted by Gasteiger charge is -2.08. The Morgan fingerprint density at radius 3 is 2.69 bits per heavy atom. The van der Waals surface area contributed by atoms with Gasteiger partial charge in [-0.05, 0) is 30.3 Å². The summed E-state index contributed by atoms with van der Waals surface area (Å²) in [6.07, 6.45) is 3.47. The van der Waals surface area contributed by atoms with Crippen molar-refractivity contribution in [3.8, 4) is 5.69 Å². The number of nitrogens with one attached hydrogen (secondary N) is 1. The Bertz CT molecular complexity index is 943. The zero-order valence-electron chi connectivity index (χ0n) is 13.3. The number of benzene rings is 2. The quantitative estimate of drug-likeness (QED) is 0.356. The Labute approximate surface area is 161 Å². The van der Waals surface area contributed by atoms with Crippen LogP contribution in [0.5, 0.6) is 0 Å². The third-order valence-corrected chi connectivity index (χ3v) is 4.91. The Morgan fingerprint density at radius 2 is 1.96 bits per heavy atom. The molecule has 0 aliphatic rings. The second-order valence-electron chi connectivity index (χ2n) is 5.17. The van der Waals surface area contributed by atoms with Crippen molar-refractivity contribution in [3.05, 3.63) is 75.5 Å². The van der Waals surface area contributed by atoms with Gasteiger partial charge in [-0.15, -0.1) is 0 Å². The fourth-order valence-corrected chi connectivity index (χ4v) is 3.29. The number of hydrogen-bond donors (Lipinski definition) is 1. The molecular formula is C17H13BrN4O3S. The molecule has 0 aliphatic carbocycles. The lowest BCUT2D eigenvalue weighted by Crippen LogP contribution is -2.15. The minimum absolute atomic E-state index is 0.0829. The lowest BCUT2D eigenvalue weighted by atomic mass is 10.2. The van der Waals surface area contributed by atoms with Crippen LogP contribution < -0.4 is 5.32 Å². The SMILES string of the molecule is O=C(CSc1nccn1-c1ccc(Br)cc1)Nc1ccccc1[N+](=O)[O-]. The molecule has 1 amide bonds. The number of rotatable bonds is 6. The highest BCUT2D eigenvalue weighted by Crippen LogP contribution is 2.25. The summed E-state index contributed by atoms with van der Waals surface area (Å²) in [5, 5.41) is 14.2. The summed E-state index contributed by atoms with van der Waals surface area (Å²) >= 11 is 4.65. The predicted molar refractivity (Wildman–Crippen MR) is 104 cm³/mol. The molecular weight excluding hydrogens is 420 g/mol. The van der Waals surface area contributed by atoms with E-state index in [2.05, 4.69) is 26.2 Å². The van der Waals surface area contributed by atoms with Gasteiger partial charge in [-0.25, -0.2) is 4.98 Å². The summed E-state index contributed by atoms with van der Waals surface area (Å²) in [5.74, 6) is -0.255. The average Bonchev–Trinajstić information content (AvgIpc) is 3.09. The van der Waals surface area contributed by atoms with Gasteiger partial charge < -0.3 is 5.32 Å². The van der Waals surface area contributed by atoms with E-state index in [9.17, 15) is 14.9 Å². The number of aromatic nitrogens is 2. The molecule has 7 nitrogen and oxygen atoms in total. The second-order valence-corrected chi connectivity index (χ2v) is 7.03. The van der Waals surface area contributed by atoms with Crippen LogP contribution >= 0.6 is 27.7 Å². The summed E-state index contributed by atoms with van der Waals surface area (Å²) in [6, 6.07) is 13.8. The van der Waals surface area contributed by atoms with Gasteiger partial charge in [-0.2, -0.15) is 0 Å². The second kappa shape index (κ2) is 8.15. The van der Waals surface area contributed by atoms with E-state index in [0.29, 0.717) is 5.16 Å². The minimum Gasteiger partial charge on any atom is -0.320 e. The van der Waals surface area contributed by atoms with Crippen LogP contribution in [0.1, 0.15) is 0 Å². The van der Waals surface area contributed by atoms with E-state index in [1.54, 1.807) is 18.3 Å². The summed E-state index contributed by atoms with van der Waals surface area (Å²) in [7, 11) is 0. The monoisotopic (exact) mass is 432 g/mol. The number of anilines is 1. The van der Waals surface area contributed by atoms with Gasteiger partial charge in [-0.3, -0.25) is 19.5 Å². The van der Waals surface area contributed by atoms with Crippen LogP contribution in [-0.4, -0.2) is 26.1 Å². The van der Waals surface area contributed by atoms with E-state index in [-0.39, 0.29) is 23.0 Å². The Kier molecular flexibility index (Phi) is 5.69. The third-order valence-electron chi connectivity index (χ3n) is 3.42. The van der Waals surface area contributed by atoms with Crippen molar-refractivity contribution >= 4 is 45.0 Å². The van der Waals surface area contributed by atoms with Crippen molar-refractivity contribution in [2.45, 2.75) is 5.16 Å². The maximum Gasteiger partial charge on any atom is 0.292 e. The van der Waals surface area contributed by atoms with Gasteiger partial charge in [0.1, 0.15) is 5.69 Å². The molecule has 132 valence electrons. The molecule has 1 aromatic heterocycles. The Hall–Kier alpha value is -2.65. The number of thioether (sulfide) groups is 1. The van der Waals surface area contributed by atoms with Crippen molar-refractivity contribution in [1.29, 1.82) is 0 Å².